The van der Waals surface area contributed by atoms with Crippen LogP contribution in [-0.2, 0) is 14.2 Å². The van der Waals surface area contributed by atoms with Crippen molar-refractivity contribution in [3.05, 3.63) is 28.4 Å². The summed E-state index contributed by atoms with van der Waals surface area (Å²) >= 11 is 0. The third-order valence-electron chi connectivity index (χ3n) is 7.54. The first-order chi connectivity index (χ1) is 21.0. The molecule has 0 unspecified atom stereocenters. The summed E-state index contributed by atoms with van der Waals surface area (Å²) in [5.41, 5.74) is -0.489. The first-order valence-corrected chi connectivity index (χ1v) is 13.5. The number of benzene rings is 2. The zero-order chi connectivity index (χ0) is 31.9. The summed E-state index contributed by atoms with van der Waals surface area (Å²) in [6.07, 6.45) is -14.3. The minimum absolute atomic E-state index is 0.00596. The molecule has 0 amide bonds. The number of aliphatic hydroxyl groups is 6. The lowest BCUT2D eigenvalue weighted by Gasteiger charge is -2.41. The molecule has 0 spiro atoms. The highest BCUT2D eigenvalue weighted by molar-refractivity contribution is 5.98. The number of fused-ring (bicyclic) bond motifs is 2. The Labute approximate surface area is 249 Å². The van der Waals surface area contributed by atoms with E-state index in [1.807, 2.05) is 0 Å². The molecule has 16 heteroatoms. The van der Waals surface area contributed by atoms with Gasteiger partial charge in [0.2, 0.25) is 17.5 Å². The molecule has 0 radical (unpaired) electrons. The van der Waals surface area contributed by atoms with Gasteiger partial charge >= 0.3 is 0 Å². The average molecular weight is 627 g/mol. The van der Waals surface area contributed by atoms with Gasteiger partial charge in [0.25, 0.3) is 0 Å². The molecule has 0 bridgehead atoms. The van der Waals surface area contributed by atoms with E-state index in [1.165, 1.54) is 46.6 Å². The summed E-state index contributed by atoms with van der Waals surface area (Å²) in [6.45, 7) is -0.848. The Morgan fingerprint density at radius 2 is 1.48 bits per heavy atom. The van der Waals surface area contributed by atoms with Crippen LogP contribution in [0.2, 0.25) is 0 Å². The summed E-state index contributed by atoms with van der Waals surface area (Å²) in [6, 6.07) is 4.39. The molecule has 242 valence electrons. The summed E-state index contributed by atoms with van der Waals surface area (Å²) in [5.74, 6) is 0.270. The van der Waals surface area contributed by atoms with Crippen LogP contribution in [0, 0.1) is 0 Å². The van der Waals surface area contributed by atoms with Crippen molar-refractivity contribution in [3.63, 3.8) is 0 Å². The number of aliphatic hydroxyl groups excluding tert-OH is 6. The lowest BCUT2D eigenvalue weighted by molar-refractivity contribution is -0.307. The molecule has 2 aliphatic rings. The Hall–Kier alpha value is -3.45. The molecular formula is C28H34O16. The molecule has 44 heavy (non-hydrogen) atoms. The number of methoxy groups -OCH3 is 4. The number of hydrogen-bond donors (Lipinski definition) is 6. The van der Waals surface area contributed by atoms with Crippen LogP contribution in [-0.4, -0.2) is 128 Å². The molecule has 2 fully saturated rings. The normalized spacial score (nSPS) is 30.7. The maximum atomic E-state index is 13.9. The van der Waals surface area contributed by atoms with Crippen LogP contribution < -0.4 is 29.1 Å². The second-order valence-electron chi connectivity index (χ2n) is 10.2. The quantitative estimate of drug-likeness (QED) is 0.151. The van der Waals surface area contributed by atoms with Gasteiger partial charge in [-0.25, -0.2) is 0 Å². The monoisotopic (exact) mass is 626 g/mol. The molecule has 0 aliphatic carbocycles. The van der Waals surface area contributed by atoms with E-state index in [0.717, 1.165) is 0 Å². The minimum Gasteiger partial charge on any atom is -0.497 e. The van der Waals surface area contributed by atoms with Crippen LogP contribution in [0.3, 0.4) is 0 Å². The smallest absolute Gasteiger partial charge is 0.229 e. The maximum Gasteiger partial charge on any atom is 0.229 e. The molecule has 2 aliphatic heterocycles. The van der Waals surface area contributed by atoms with Gasteiger partial charge in [-0.1, -0.05) is 0 Å². The second kappa shape index (κ2) is 12.9. The summed E-state index contributed by atoms with van der Waals surface area (Å²) in [4.78, 5) is 13.9. The Morgan fingerprint density at radius 3 is 2.14 bits per heavy atom. The first-order valence-electron chi connectivity index (χ1n) is 13.5. The van der Waals surface area contributed by atoms with Gasteiger partial charge in [-0.05, 0) is 6.07 Å². The molecule has 6 N–H and O–H groups in total. The molecule has 5 rings (SSSR count). The fourth-order valence-corrected chi connectivity index (χ4v) is 5.10. The summed E-state index contributed by atoms with van der Waals surface area (Å²) in [5, 5.41) is 61.7. The third-order valence-corrected chi connectivity index (χ3v) is 7.54. The highest BCUT2D eigenvalue weighted by Gasteiger charge is 2.47. The van der Waals surface area contributed by atoms with Crippen molar-refractivity contribution in [2.24, 2.45) is 0 Å². The second-order valence-corrected chi connectivity index (χ2v) is 10.2. The van der Waals surface area contributed by atoms with E-state index in [0.29, 0.717) is 5.75 Å². The molecule has 9 atom stereocenters. The van der Waals surface area contributed by atoms with Crippen molar-refractivity contribution in [2.75, 3.05) is 41.7 Å². The van der Waals surface area contributed by atoms with E-state index in [-0.39, 0.29) is 51.5 Å². The molecule has 0 saturated carbocycles. The Bertz CT molecular complexity index is 1540. The molecule has 3 aromatic rings. The van der Waals surface area contributed by atoms with Gasteiger partial charge in [0, 0.05) is 12.1 Å². The van der Waals surface area contributed by atoms with Gasteiger partial charge in [0.15, 0.2) is 29.1 Å². The lowest BCUT2D eigenvalue weighted by atomic mass is 9.99. The number of ether oxygens (including phenoxy) is 8. The van der Waals surface area contributed by atoms with Crippen LogP contribution in [0.25, 0.3) is 21.9 Å². The average Bonchev–Trinajstić information content (AvgIpc) is 3.03. The first kappa shape index (κ1) is 32.0. The van der Waals surface area contributed by atoms with Gasteiger partial charge < -0.3 is 73.0 Å². The zero-order valence-electron chi connectivity index (χ0n) is 24.1. The predicted octanol–water partition coefficient (Wildman–Crippen LogP) is -1.38. The number of rotatable bonds is 9. The van der Waals surface area contributed by atoms with E-state index in [1.54, 1.807) is 0 Å². The molecule has 2 saturated heterocycles. The molecule has 2 aromatic carbocycles. The van der Waals surface area contributed by atoms with E-state index < -0.39 is 67.3 Å². The van der Waals surface area contributed by atoms with Crippen LogP contribution in [0.15, 0.2) is 27.4 Å². The Balaban J connectivity index is 1.53. The molecule has 3 heterocycles. The van der Waals surface area contributed by atoms with Crippen molar-refractivity contribution in [2.45, 2.75) is 55.3 Å². The van der Waals surface area contributed by atoms with E-state index in [9.17, 15) is 35.4 Å². The minimum atomic E-state index is -1.84. The van der Waals surface area contributed by atoms with E-state index in [2.05, 4.69) is 0 Å². The number of hydrogen-bond acceptors (Lipinski definition) is 16. The van der Waals surface area contributed by atoms with Gasteiger partial charge in [-0.3, -0.25) is 4.79 Å². The Kier molecular flexibility index (Phi) is 9.36. The van der Waals surface area contributed by atoms with Crippen LogP contribution in [0.4, 0.5) is 0 Å². The topological polar surface area (TPSA) is 225 Å². The summed E-state index contributed by atoms with van der Waals surface area (Å²) in [7, 11) is 5.45. The molecule has 1 aromatic heterocycles. The van der Waals surface area contributed by atoms with Crippen molar-refractivity contribution < 1.29 is 73.0 Å². The zero-order valence-corrected chi connectivity index (χ0v) is 24.1. The van der Waals surface area contributed by atoms with Gasteiger partial charge in [0.1, 0.15) is 59.4 Å². The van der Waals surface area contributed by atoms with Crippen molar-refractivity contribution >= 4 is 21.9 Å². The standard InChI is InChI=1S/C28H34O16/c1-36-10-5-11-18(30)17-13(42-24(11)14(6-10)37-2)7-15(38-3)25(39-4)26(17)44-28-23(35)21(33)20(32)16(43-28)9-41-27-22(34)19(31)12(29)8-40-27/h5-7,12,16,19-23,27-29,31-35H,8-9H2,1-4H3/t12-,16-,19+,20-,21+,22-,23-,27+,28+/m1/s1. The van der Waals surface area contributed by atoms with E-state index in [4.69, 9.17) is 42.3 Å². The summed E-state index contributed by atoms with van der Waals surface area (Å²) < 4.78 is 50.1. The van der Waals surface area contributed by atoms with Crippen molar-refractivity contribution in [3.8, 4) is 28.7 Å². The van der Waals surface area contributed by atoms with Crippen LogP contribution >= 0.6 is 0 Å². The maximum absolute atomic E-state index is 13.9. The van der Waals surface area contributed by atoms with Crippen LogP contribution in [0.5, 0.6) is 28.7 Å². The highest BCUT2D eigenvalue weighted by atomic mass is 16.7. The molecular weight excluding hydrogens is 592 g/mol. The van der Waals surface area contributed by atoms with Gasteiger partial charge in [0.05, 0.1) is 47.0 Å². The van der Waals surface area contributed by atoms with Gasteiger partial charge in [-0.2, -0.15) is 0 Å². The SMILES string of the molecule is COc1cc(OC)c2oc3cc(OC)c(OC)c(O[C@@H]4O[C@H](CO[C@@H]5OC[C@@H](O)[C@H](O)[C@H]5O)[C@@H](O)[C@H](O)[C@H]4O)c3c(=O)c2c1. The Morgan fingerprint density at radius 1 is 0.773 bits per heavy atom. The van der Waals surface area contributed by atoms with Crippen LogP contribution in [0.1, 0.15) is 0 Å². The predicted molar refractivity (Wildman–Crippen MR) is 147 cm³/mol. The van der Waals surface area contributed by atoms with E-state index >= 15 is 0 Å². The highest BCUT2D eigenvalue weighted by Crippen LogP contribution is 2.45. The van der Waals surface area contributed by atoms with Crippen molar-refractivity contribution in [1.82, 2.24) is 0 Å². The van der Waals surface area contributed by atoms with Crippen molar-refractivity contribution in [1.29, 1.82) is 0 Å². The third kappa shape index (κ3) is 5.60. The fourth-order valence-electron chi connectivity index (χ4n) is 5.10. The lowest BCUT2D eigenvalue weighted by Crippen LogP contribution is -2.61. The fraction of sp³-hybridized carbons (Fsp3) is 0.536. The largest absolute Gasteiger partial charge is 0.497 e. The van der Waals surface area contributed by atoms with Gasteiger partial charge in [-0.15, -0.1) is 0 Å². The molecule has 16 nitrogen and oxygen atoms in total.